The highest BCUT2D eigenvalue weighted by Crippen LogP contribution is 2.28. The van der Waals surface area contributed by atoms with Gasteiger partial charge in [-0.2, -0.15) is 0 Å². The molecule has 3 aromatic rings. The number of benzene rings is 1. The summed E-state index contributed by atoms with van der Waals surface area (Å²) in [5.41, 5.74) is 3.37. The maximum Gasteiger partial charge on any atom is 0.123 e. The average Bonchev–Trinajstić information content (AvgIpc) is 2.88. The largest absolute Gasteiger partial charge is 0.256 e. The smallest absolute Gasteiger partial charge is 0.123 e. The first-order chi connectivity index (χ1) is 8.74. The topological polar surface area (TPSA) is 25.8 Å². The van der Waals surface area contributed by atoms with E-state index >= 15 is 0 Å². The van der Waals surface area contributed by atoms with Crippen molar-refractivity contribution in [3.63, 3.8) is 0 Å². The second-order valence-electron chi connectivity index (χ2n) is 4.64. The lowest BCUT2D eigenvalue weighted by Crippen LogP contribution is -1.87. The molecule has 0 radical (unpaired) electrons. The van der Waals surface area contributed by atoms with Gasteiger partial charge in [0.05, 0.1) is 11.2 Å². The van der Waals surface area contributed by atoms with E-state index < -0.39 is 0 Å². The molecule has 0 aliphatic rings. The van der Waals surface area contributed by atoms with E-state index in [1.807, 2.05) is 12.3 Å². The number of hydrogen-bond donors (Lipinski definition) is 0. The van der Waals surface area contributed by atoms with Crippen LogP contribution in [0.4, 0.5) is 0 Å². The summed E-state index contributed by atoms with van der Waals surface area (Å²) >= 11 is 1.71. The molecule has 1 aromatic carbocycles. The summed E-state index contributed by atoms with van der Waals surface area (Å²) in [6.07, 6.45) is 1.82. The Labute approximate surface area is 110 Å². The van der Waals surface area contributed by atoms with Crippen LogP contribution >= 0.6 is 11.3 Å². The molecule has 18 heavy (non-hydrogen) atoms. The van der Waals surface area contributed by atoms with E-state index in [-0.39, 0.29) is 0 Å². The van der Waals surface area contributed by atoms with Crippen molar-refractivity contribution < 1.29 is 0 Å². The molecular weight excluding hydrogens is 240 g/mol. The molecule has 3 heteroatoms. The highest BCUT2D eigenvalue weighted by Gasteiger charge is 2.08. The number of thiazole rings is 1. The molecule has 2 aromatic heterocycles. The fourth-order valence-electron chi connectivity index (χ4n) is 1.89. The minimum absolute atomic E-state index is 0.483. The van der Waals surface area contributed by atoms with Gasteiger partial charge in [-0.3, -0.25) is 4.98 Å². The lowest BCUT2D eigenvalue weighted by Gasteiger charge is -2.00. The quantitative estimate of drug-likeness (QED) is 0.673. The van der Waals surface area contributed by atoms with Crippen molar-refractivity contribution in [1.82, 2.24) is 9.97 Å². The van der Waals surface area contributed by atoms with Crippen LogP contribution in [-0.2, 0) is 0 Å². The fraction of sp³-hybridized carbons (Fsp3) is 0.200. The number of pyridine rings is 1. The van der Waals surface area contributed by atoms with E-state index in [1.54, 1.807) is 11.3 Å². The molecule has 0 atom stereocenters. The third kappa shape index (κ3) is 2.02. The SMILES string of the molecule is CC(C)c1csc(-c2ccc3ncccc3c2)n1. The Kier molecular flexibility index (Phi) is 2.84. The molecule has 0 N–H and O–H groups in total. The Morgan fingerprint density at radius 2 is 2.06 bits per heavy atom. The second-order valence-corrected chi connectivity index (χ2v) is 5.50. The maximum absolute atomic E-state index is 4.68. The predicted molar refractivity (Wildman–Crippen MR) is 76.9 cm³/mol. The van der Waals surface area contributed by atoms with Crippen LogP contribution in [0.3, 0.4) is 0 Å². The van der Waals surface area contributed by atoms with Gasteiger partial charge in [0.15, 0.2) is 0 Å². The zero-order chi connectivity index (χ0) is 12.5. The molecule has 0 unspecified atom stereocenters. The van der Waals surface area contributed by atoms with E-state index in [1.165, 1.54) is 11.3 Å². The maximum atomic E-state index is 4.68. The molecule has 3 rings (SSSR count). The van der Waals surface area contributed by atoms with Crippen LogP contribution in [-0.4, -0.2) is 9.97 Å². The van der Waals surface area contributed by atoms with Crippen LogP contribution in [0.25, 0.3) is 21.5 Å². The van der Waals surface area contributed by atoms with Crippen molar-refractivity contribution in [3.05, 3.63) is 47.6 Å². The summed E-state index contributed by atoms with van der Waals surface area (Å²) < 4.78 is 0. The number of aromatic nitrogens is 2. The van der Waals surface area contributed by atoms with Crippen LogP contribution in [0.15, 0.2) is 41.9 Å². The highest BCUT2D eigenvalue weighted by molar-refractivity contribution is 7.13. The lowest BCUT2D eigenvalue weighted by molar-refractivity contribution is 0.834. The van der Waals surface area contributed by atoms with Crippen molar-refractivity contribution in [3.8, 4) is 10.6 Å². The van der Waals surface area contributed by atoms with E-state index in [2.05, 4.69) is 53.5 Å². The normalized spacial score (nSPS) is 11.3. The van der Waals surface area contributed by atoms with E-state index in [4.69, 9.17) is 0 Å². The summed E-state index contributed by atoms with van der Waals surface area (Å²) in [7, 11) is 0. The fourth-order valence-corrected chi connectivity index (χ4v) is 2.87. The summed E-state index contributed by atoms with van der Waals surface area (Å²) in [5, 5.41) is 4.40. The van der Waals surface area contributed by atoms with Gasteiger partial charge in [0.2, 0.25) is 0 Å². The van der Waals surface area contributed by atoms with Crippen LogP contribution in [0.2, 0.25) is 0 Å². The van der Waals surface area contributed by atoms with E-state index in [0.717, 1.165) is 15.9 Å². The van der Waals surface area contributed by atoms with Crippen molar-refractivity contribution in [2.45, 2.75) is 19.8 Å². The molecule has 0 saturated carbocycles. The molecule has 0 bridgehead atoms. The molecule has 0 aliphatic heterocycles. The zero-order valence-electron chi connectivity index (χ0n) is 10.4. The molecule has 2 heterocycles. The monoisotopic (exact) mass is 254 g/mol. The van der Waals surface area contributed by atoms with Crippen LogP contribution in [0.1, 0.15) is 25.5 Å². The number of rotatable bonds is 2. The van der Waals surface area contributed by atoms with Gasteiger partial charge in [-0.1, -0.05) is 19.9 Å². The predicted octanol–water partition coefficient (Wildman–Crippen LogP) is 4.48. The summed E-state index contributed by atoms with van der Waals surface area (Å²) in [5.74, 6) is 0.483. The molecule has 0 saturated heterocycles. The van der Waals surface area contributed by atoms with Crippen molar-refractivity contribution in [1.29, 1.82) is 0 Å². The molecule has 90 valence electrons. The summed E-state index contributed by atoms with van der Waals surface area (Å²) in [6, 6.07) is 10.4. The molecule has 0 amide bonds. The van der Waals surface area contributed by atoms with Gasteiger partial charge < -0.3 is 0 Å². The number of fused-ring (bicyclic) bond motifs is 1. The Morgan fingerprint density at radius 3 is 2.83 bits per heavy atom. The Bertz CT molecular complexity index is 686. The molecule has 0 fully saturated rings. The molecule has 0 aliphatic carbocycles. The van der Waals surface area contributed by atoms with Gasteiger partial charge in [-0.25, -0.2) is 4.98 Å². The van der Waals surface area contributed by atoms with Crippen molar-refractivity contribution in [2.24, 2.45) is 0 Å². The third-order valence-corrected chi connectivity index (χ3v) is 3.87. The van der Waals surface area contributed by atoms with Gasteiger partial charge in [0.1, 0.15) is 5.01 Å². The van der Waals surface area contributed by atoms with Crippen LogP contribution < -0.4 is 0 Å². The standard InChI is InChI=1S/C15H14N2S/c1-10(2)14-9-18-15(17-14)12-5-6-13-11(8-12)4-3-7-16-13/h3-10H,1-2H3. The van der Waals surface area contributed by atoms with E-state index in [9.17, 15) is 0 Å². The van der Waals surface area contributed by atoms with Gasteiger partial charge in [0, 0.05) is 22.5 Å². The Hall–Kier alpha value is -1.74. The third-order valence-electron chi connectivity index (χ3n) is 2.96. The second kappa shape index (κ2) is 4.50. The summed E-state index contributed by atoms with van der Waals surface area (Å²) in [6.45, 7) is 4.34. The van der Waals surface area contributed by atoms with Crippen LogP contribution in [0.5, 0.6) is 0 Å². The highest BCUT2D eigenvalue weighted by atomic mass is 32.1. The lowest BCUT2D eigenvalue weighted by atomic mass is 10.1. The van der Waals surface area contributed by atoms with Gasteiger partial charge >= 0.3 is 0 Å². The summed E-state index contributed by atoms with van der Waals surface area (Å²) in [4.78, 5) is 9.02. The van der Waals surface area contributed by atoms with Crippen molar-refractivity contribution in [2.75, 3.05) is 0 Å². The zero-order valence-corrected chi connectivity index (χ0v) is 11.2. The first-order valence-corrected chi connectivity index (χ1v) is 6.92. The first-order valence-electron chi connectivity index (χ1n) is 6.04. The Morgan fingerprint density at radius 1 is 1.17 bits per heavy atom. The average molecular weight is 254 g/mol. The van der Waals surface area contributed by atoms with E-state index in [0.29, 0.717) is 5.92 Å². The Balaban J connectivity index is 2.07. The first kappa shape index (κ1) is 11.4. The van der Waals surface area contributed by atoms with Crippen LogP contribution in [0, 0.1) is 0 Å². The minimum atomic E-state index is 0.483. The number of hydrogen-bond acceptors (Lipinski definition) is 3. The van der Waals surface area contributed by atoms with Crippen molar-refractivity contribution >= 4 is 22.2 Å². The van der Waals surface area contributed by atoms with Gasteiger partial charge in [0.25, 0.3) is 0 Å². The number of nitrogens with zero attached hydrogens (tertiary/aromatic N) is 2. The molecule has 2 nitrogen and oxygen atoms in total. The van der Waals surface area contributed by atoms with Gasteiger partial charge in [-0.05, 0) is 30.2 Å². The molecular formula is C15H14N2S. The minimum Gasteiger partial charge on any atom is -0.256 e. The molecule has 0 spiro atoms. The van der Waals surface area contributed by atoms with Gasteiger partial charge in [-0.15, -0.1) is 11.3 Å².